The zero-order valence-electron chi connectivity index (χ0n) is 11.3. The molecule has 0 amide bonds. The summed E-state index contributed by atoms with van der Waals surface area (Å²) in [7, 11) is 3.97. The van der Waals surface area contributed by atoms with Gasteiger partial charge in [-0.2, -0.15) is 0 Å². The van der Waals surface area contributed by atoms with Crippen molar-refractivity contribution in [3.63, 3.8) is 0 Å². The number of aliphatic hydroxyl groups excluding tert-OH is 1. The highest BCUT2D eigenvalue weighted by Gasteiger charge is 2.31. The lowest BCUT2D eigenvalue weighted by Crippen LogP contribution is -2.37. The second-order valence-electron chi connectivity index (χ2n) is 5.48. The minimum atomic E-state index is -0.824. The lowest BCUT2D eigenvalue weighted by atomic mass is 10.1. The molecule has 0 aliphatic carbocycles. The predicted octanol–water partition coefficient (Wildman–Crippen LogP) is 1.46. The highest BCUT2D eigenvalue weighted by Crippen LogP contribution is 2.21. The van der Waals surface area contributed by atoms with Gasteiger partial charge in [-0.3, -0.25) is 4.90 Å². The first-order valence-corrected chi connectivity index (χ1v) is 6.46. The van der Waals surface area contributed by atoms with Gasteiger partial charge in [-0.15, -0.1) is 0 Å². The molecule has 2 atom stereocenters. The Morgan fingerprint density at radius 2 is 2.05 bits per heavy atom. The Labute approximate surface area is 112 Å². The number of β-amino-alcohol motifs (C(OH)–C–C–N with tert-alkyl or cyclic N) is 1. The van der Waals surface area contributed by atoms with Gasteiger partial charge in [0.2, 0.25) is 0 Å². The second-order valence-corrected chi connectivity index (χ2v) is 5.48. The molecule has 0 saturated carbocycles. The number of benzene rings is 1. The van der Waals surface area contributed by atoms with Crippen LogP contribution in [0.2, 0.25) is 0 Å². The Morgan fingerprint density at radius 1 is 1.32 bits per heavy atom. The van der Waals surface area contributed by atoms with Gasteiger partial charge in [0.05, 0.1) is 6.10 Å². The summed E-state index contributed by atoms with van der Waals surface area (Å²) in [5.74, 6) is -1.64. The predicted molar refractivity (Wildman–Crippen MR) is 69.7 cm³/mol. The molecule has 1 aliphatic heterocycles. The van der Waals surface area contributed by atoms with Crippen LogP contribution in [-0.4, -0.2) is 54.2 Å². The fourth-order valence-electron chi connectivity index (χ4n) is 2.64. The maximum atomic E-state index is 13.2. The van der Waals surface area contributed by atoms with Gasteiger partial charge in [0.1, 0.15) is 0 Å². The van der Waals surface area contributed by atoms with Crippen LogP contribution in [-0.2, 0) is 6.54 Å². The van der Waals surface area contributed by atoms with E-state index in [2.05, 4.69) is 9.80 Å². The van der Waals surface area contributed by atoms with E-state index in [1.54, 1.807) is 6.07 Å². The Kier molecular flexibility index (Phi) is 4.50. The Bertz CT molecular complexity index is 439. The molecule has 2 rings (SSSR count). The second kappa shape index (κ2) is 5.94. The van der Waals surface area contributed by atoms with Crippen LogP contribution in [0.4, 0.5) is 8.78 Å². The molecular weight excluding hydrogens is 250 g/mol. The first-order valence-electron chi connectivity index (χ1n) is 6.46. The summed E-state index contributed by atoms with van der Waals surface area (Å²) in [5.41, 5.74) is 0.733. The van der Waals surface area contributed by atoms with Crippen molar-refractivity contribution in [2.45, 2.75) is 25.1 Å². The molecule has 106 valence electrons. The van der Waals surface area contributed by atoms with Crippen LogP contribution < -0.4 is 0 Å². The van der Waals surface area contributed by atoms with Crippen molar-refractivity contribution >= 4 is 0 Å². The maximum Gasteiger partial charge on any atom is 0.159 e. The zero-order chi connectivity index (χ0) is 14.0. The van der Waals surface area contributed by atoms with E-state index in [4.69, 9.17) is 0 Å². The number of hydrogen-bond acceptors (Lipinski definition) is 3. The SMILES string of the molecule is CN(C)CC1CC(O)CN1Cc1ccc(F)c(F)c1. The number of halogens is 2. The van der Waals surface area contributed by atoms with E-state index < -0.39 is 11.6 Å². The number of likely N-dealkylation sites (tertiary alicyclic amines) is 1. The van der Waals surface area contributed by atoms with E-state index in [1.807, 2.05) is 14.1 Å². The van der Waals surface area contributed by atoms with Crippen LogP contribution in [0.25, 0.3) is 0 Å². The minimum absolute atomic E-state index is 0.248. The lowest BCUT2D eigenvalue weighted by molar-refractivity contribution is 0.169. The Hall–Kier alpha value is -1.04. The third-order valence-electron chi connectivity index (χ3n) is 3.45. The quantitative estimate of drug-likeness (QED) is 0.897. The molecule has 1 aliphatic rings. The maximum absolute atomic E-state index is 13.2. The molecule has 2 unspecified atom stereocenters. The third kappa shape index (κ3) is 3.72. The van der Waals surface area contributed by atoms with Crippen molar-refractivity contribution in [1.82, 2.24) is 9.80 Å². The van der Waals surface area contributed by atoms with E-state index in [0.717, 1.165) is 24.6 Å². The van der Waals surface area contributed by atoms with Crippen LogP contribution in [0.5, 0.6) is 0 Å². The van der Waals surface area contributed by atoms with Crippen molar-refractivity contribution < 1.29 is 13.9 Å². The first kappa shape index (κ1) is 14.4. The molecule has 0 radical (unpaired) electrons. The normalized spacial score (nSPS) is 24.3. The monoisotopic (exact) mass is 270 g/mol. The van der Waals surface area contributed by atoms with Crippen molar-refractivity contribution in [3.8, 4) is 0 Å². The van der Waals surface area contributed by atoms with Gasteiger partial charge in [-0.1, -0.05) is 6.07 Å². The fourth-order valence-corrected chi connectivity index (χ4v) is 2.64. The zero-order valence-corrected chi connectivity index (χ0v) is 11.3. The molecule has 1 N–H and O–H groups in total. The summed E-state index contributed by atoms with van der Waals surface area (Å²) < 4.78 is 26.1. The Morgan fingerprint density at radius 3 is 2.68 bits per heavy atom. The largest absolute Gasteiger partial charge is 0.392 e. The molecule has 0 spiro atoms. The van der Waals surface area contributed by atoms with E-state index in [0.29, 0.717) is 13.1 Å². The van der Waals surface area contributed by atoms with Gasteiger partial charge in [0, 0.05) is 25.7 Å². The van der Waals surface area contributed by atoms with E-state index >= 15 is 0 Å². The van der Waals surface area contributed by atoms with Gasteiger partial charge in [0.25, 0.3) is 0 Å². The topological polar surface area (TPSA) is 26.7 Å². The molecule has 1 saturated heterocycles. The molecular formula is C14H20F2N2O. The molecule has 19 heavy (non-hydrogen) atoms. The number of rotatable bonds is 4. The van der Waals surface area contributed by atoms with E-state index in [-0.39, 0.29) is 12.1 Å². The number of aliphatic hydroxyl groups is 1. The molecule has 1 aromatic carbocycles. The molecule has 1 fully saturated rings. The highest BCUT2D eigenvalue weighted by atomic mass is 19.2. The number of hydrogen-bond donors (Lipinski definition) is 1. The third-order valence-corrected chi connectivity index (χ3v) is 3.45. The van der Waals surface area contributed by atoms with E-state index in [9.17, 15) is 13.9 Å². The smallest absolute Gasteiger partial charge is 0.159 e. The fraction of sp³-hybridized carbons (Fsp3) is 0.571. The highest BCUT2D eigenvalue weighted by molar-refractivity contribution is 5.18. The van der Waals surface area contributed by atoms with Crippen molar-refractivity contribution in [1.29, 1.82) is 0 Å². The summed E-state index contributed by atoms with van der Waals surface area (Å²) in [6, 6.07) is 4.22. The molecule has 3 nitrogen and oxygen atoms in total. The first-order chi connectivity index (χ1) is 8.95. The summed E-state index contributed by atoms with van der Waals surface area (Å²) in [5, 5.41) is 9.77. The minimum Gasteiger partial charge on any atom is -0.392 e. The molecule has 1 aromatic rings. The number of nitrogens with zero attached hydrogens (tertiary/aromatic N) is 2. The van der Waals surface area contributed by atoms with Gasteiger partial charge in [-0.05, 0) is 38.2 Å². The standard InChI is InChI=1S/C14H20F2N2O/c1-17(2)8-11-6-12(19)9-18(11)7-10-3-4-13(15)14(16)5-10/h3-5,11-12,19H,6-9H2,1-2H3. The average Bonchev–Trinajstić information content (AvgIpc) is 2.63. The summed E-state index contributed by atoms with van der Waals surface area (Å²) >= 11 is 0. The van der Waals surface area contributed by atoms with Crippen LogP contribution in [0.15, 0.2) is 18.2 Å². The summed E-state index contributed by atoms with van der Waals surface area (Å²) in [6.07, 6.45) is 0.386. The van der Waals surface area contributed by atoms with Gasteiger partial charge in [0.15, 0.2) is 11.6 Å². The Balaban J connectivity index is 2.05. The van der Waals surface area contributed by atoms with Gasteiger partial charge >= 0.3 is 0 Å². The average molecular weight is 270 g/mol. The van der Waals surface area contributed by atoms with Crippen LogP contribution in [0.1, 0.15) is 12.0 Å². The number of likely N-dealkylation sites (N-methyl/N-ethyl adjacent to an activating group) is 1. The van der Waals surface area contributed by atoms with Crippen molar-refractivity contribution in [2.75, 3.05) is 27.2 Å². The summed E-state index contributed by atoms with van der Waals surface area (Å²) in [6.45, 7) is 1.96. The van der Waals surface area contributed by atoms with Crippen LogP contribution in [0.3, 0.4) is 0 Å². The lowest BCUT2D eigenvalue weighted by Gasteiger charge is -2.26. The van der Waals surface area contributed by atoms with Crippen molar-refractivity contribution in [2.24, 2.45) is 0 Å². The molecule has 0 aromatic heterocycles. The molecule has 0 bridgehead atoms. The van der Waals surface area contributed by atoms with Gasteiger partial charge in [-0.25, -0.2) is 8.78 Å². The van der Waals surface area contributed by atoms with Gasteiger partial charge < -0.3 is 10.0 Å². The van der Waals surface area contributed by atoms with Crippen molar-refractivity contribution in [3.05, 3.63) is 35.4 Å². The van der Waals surface area contributed by atoms with E-state index in [1.165, 1.54) is 6.07 Å². The molecule has 1 heterocycles. The molecule has 5 heteroatoms. The summed E-state index contributed by atoms with van der Waals surface area (Å²) in [4.78, 5) is 4.19. The van der Waals surface area contributed by atoms with Crippen LogP contribution >= 0.6 is 0 Å². The van der Waals surface area contributed by atoms with Crippen LogP contribution in [0, 0.1) is 11.6 Å².